The summed E-state index contributed by atoms with van der Waals surface area (Å²) in [6, 6.07) is 20.2. The summed E-state index contributed by atoms with van der Waals surface area (Å²) < 4.78 is 11.4. The fourth-order valence-electron chi connectivity index (χ4n) is 6.27. The van der Waals surface area contributed by atoms with E-state index >= 15 is 0 Å². The van der Waals surface area contributed by atoms with Crippen LogP contribution in [0.3, 0.4) is 0 Å². The van der Waals surface area contributed by atoms with Gasteiger partial charge in [0.1, 0.15) is 11.8 Å². The highest BCUT2D eigenvalue weighted by Crippen LogP contribution is 2.54. The third-order valence-corrected chi connectivity index (χ3v) is 11.4. The molecule has 264 valence electrons. The number of nitrogens with zero attached hydrogens (tertiary/aromatic N) is 2. The first-order valence-corrected chi connectivity index (χ1v) is 18.2. The lowest BCUT2D eigenvalue weighted by Gasteiger charge is -2.31. The van der Waals surface area contributed by atoms with Crippen LogP contribution in [0.4, 0.5) is 11.4 Å². The Hall–Kier alpha value is -5.01. The van der Waals surface area contributed by atoms with Crippen molar-refractivity contribution < 1.29 is 33.4 Å². The molecule has 0 radical (unpaired) electrons. The number of benzene rings is 3. The molecule has 3 amide bonds. The van der Waals surface area contributed by atoms with E-state index in [0.29, 0.717) is 32.4 Å². The van der Waals surface area contributed by atoms with Gasteiger partial charge in [-0.3, -0.25) is 23.7 Å². The number of anilines is 2. The van der Waals surface area contributed by atoms with E-state index in [2.05, 4.69) is 26.1 Å². The number of aromatic nitrogens is 1. The first-order chi connectivity index (χ1) is 24.3. The quantitative estimate of drug-likeness (QED) is 0.163. The van der Waals surface area contributed by atoms with Crippen molar-refractivity contribution >= 4 is 64.1 Å². The van der Waals surface area contributed by atoms with Crippen LogP contribution in [0.1, 0.15) is 77.3 Å². The molecule has 13 heteroatoms. The number of ether oxygens (including phenoxy) is 2. The summed E-state index contributed by atoms with van der Waals surface area (Å²) in [5.74, 6) is -3.77. The number of esters is 2. The first kappa shape index (κ1) is 35.8. The average Bonchev–Trinajstić information content (AvgIpc) is 3.54. The van der Waals surface area contributed by atoms with E-state index in [1.165, 1.54) is 28.8 Å². The lowest BCUT2D eigenvalue weighted by atomic mass is 9.81. The van der Waals surface area contributed by atoms with Crippen molar-refractivity contribution in [3.05, 3.63) is 110 Å². The van der Waals surface area contributed by atoms with E-state index in [9.17, 15) is 28.8 Å². The third-order valence-electron chi connectivity index (χ3n) is 8.80. The molecule has 11 nitrogen and oxygen atoms in total. The molecule has 3 heterocycles. The number of thioether (sulfide) groups is 1. The molecule has 4 aromatic rings. The normalized spacial score (nSPS) is 18.2. The van der Waals surface area contributed by atoms with E-state index in [-0.39, 0.29) is 30.0 Å². The number of carbonyl (C=O) groups excluding carboxylic acids is 5. The molecule has 2 aliphatic heterocycles. The van der Waals surface area contributed by atoms with Crippen LogP contribution < -0.4 is 15.1 Å². The minimum absolute atomic E-state index is 0.124. The summed E-state index contributed by atoms with van der Waals surface area (Å²) in [6.07, 6.45) is 0. The zero-order valence-electron chi connectivity index (χ0n) is 28.8. The molecule has 3 atom stereocenters. The summed E-state index contributed by atoms with van der Waals surface area (Å²) in [7, 11) is 0. The van der Waals surface area contributed by atoms with Gasteiger partial charge in [-0.25, -0.2) is 14.5 Å². The summed E-state index contributed by atoms with van der Waals surface area (Å²) >= 11 is 2.09. The molecule has 0 aliphatic carbocycles. The van der Waals surface area contributed by atoms with E-state index in [4.69, 9.17) is 9.47 Å². The second-order valence-electron chi connectivity index (χ2n) is 13.2. The molecular weight excluding hydrogens is 691 g/mol. The molecule has 0 bridgehead atoms. The molecule has 2 unspecified atom stereocenters. The second kappa shape index (κ2) is 14.3. The van der Waals surface area contributed by atoms with Crippen LogP contribution in [0.25, 0.3) is 0 Å². The fourth-order valence-corrected chi connectivity index (χ4v) is 9.04. The van der Waals surface area contributed by atoms with Crippen LogP contribution in [0.5, 0.6) is 0 Å². The highest BCUT2D eigenvalue weighted by molar-refractivity contribution is 8.00. The standard InChI is InChI=1S/C38H37N3O8S2/c1-6-48-35(45)22-10-16-25(17-11-22)39-27(42)20-40-34-31(51-37(40)47)28(21-8-14-24(15-9-21)38(3,4)5)29-30(50-34)33(44)41(32(29)43)26-18-12-23(13-19-26)36(46)49-7-2/h8-19,28-30H,6-7,20H2,1-5H3,(H,39,42)/t28-,29?,30?/m1/s1. The number of rotatable bonds is 9. The van der Waals surface area contributed by atoms with Gasteiger partial charge in [-0.15, -0.1) is 0 Å². The van der Waals surface area contributed by atoms with Gasteiger partial charge in [0.2, 0.25) is 17.7 Å². The molecule has 3 aromatic carbocycles. The Morgan fingerprint density at radius 1 is 0.784 bits per heavy atom. The van der Waals surface area contributed by atoms with Crippen LogP contribution in [0, 0.1) is 5.92 Å². The summed E-state index contributed by atoms with van der Waals surface area (Å²) in [6.45, 7) is 9.84. The SMILES string of the molecule is CCOC(=O)c1ccc(NC(=O)Cn2c3c(sc2=O)[C@H](c2ccc(C(C)(C)C)cc2)C2C(=O)N(c4ccc(C(=O)OCC)cc4)C(=O)C2S3)cc1. The highest BCUT2D eigenvalue weighted by atomic mass is 32.2. The molecule has 1 saturated heterocycles. The number of nitrogens with one attached hydrogen (secondary N) is 1. The summed E-state index contributed by atoms with van der Waals surface area (Å²) in [4.78, 5) is 80.9. The number of carbonyl (C=O) groups is 5. The van der Waals surface area contributed by atoms with Gasteiger partial charge in [-0.05, 0) is 78.9 Å². The Bertz CT molecular complexity index is 2060. The van der Waals surface area contributed by atoms with Gasteiger partial charge < -0.3 is 14.8 Å². The van der Waals surface area contributed by atoms with E-state index in [0.717, 1.165) is 39.1 Å². The average molecular weight is 728 g/mol. The van der Waals surface area contributed by atoms with Gasteiger partial charge in [0, 0.05) is 16.5 Å². The number of fused-ring (bicyclic) bond motifs is 2. The van der Waals surface area contributed by atoms with Crippen molar-refractivity contribution in [3.8, 4) is 0 Å². The van der Waals surface area contributed by atoms with Crippen LogP contribution >= 0.6 is 23.1 Å². The molecule has 2 aliphatic rings. The number of imide groups is 1. The minimum Gasteiger partial charge on any atom is -0.462 e. The van der Waals surface area contributed by atoms with Gasteiger partial charge in [-0.1, -0.05) is 68.1 Å². The van der Waals surface area contributed by atoms with Crippen molar-refractivity contribution in [2.75, 3.05) is 23.4 Å². The molecule has 6 rings (SSSR count). The van der Waals surface area contributed by atoms with Crippen molar-refractivity contribution in [1.82, 2.24) is 4.57 Å². The number of hydrogen-bond donors (Lipinski definition) is 1. The predicted molar refractivity (Wildman–Crippen MR) is 195 cm³/mol. The lowest BCUT2D eigenvalue weighted by molar-refractivity contribution is -0.122. The maximum absolute atomic E-state index is 14.3. The first-order valence-electron chi connectivity index (χ1n) is 16.5. The van der Waals surface area contributed by atoms with Crippen LogP contribution in [0.15, 0.2) is 82.6 Å². The van der Waals surface area contributed by atoms with Crippen molar-refractivity contribution in [2.24, 2.45) is 5.92 Å². The Labute approximate surface area is 302 Å². The summed E-state index contributed by atoms with van der Waals surface area (Å²) in [5.41, 5.74) is 3.12. The fraction of sp³-hybridized carbons (Fsp3) is 0.316. The van der Waals surface area contributed by atoms with Gasteiger partial charge in [-0.2, -0.15) is 0 Å². The molecule has 1 aromatic heterocycles. The molecule has 1 fully saturated rings. The zero-order chi connectivity index (χ0) is 36.6. The summed E-state index contributed by atoms with van der Waals surface area (Å²) in [5, 5.41) is 2.36. The maximum atomic E-state index is 14.3. The number of amides is 3. The van der Waals surface area contributed by atoms with Crippen LogP contribution in [-0.2, 0) is 35.8 Å². The van der Waals surface area contributed by atoms with Crippen molar-refractivity contribution in [3.63, 3.8) is 0 Å². The van der Waals surface area contributed by atoms with E-state index in [1.807, 2.05) is 24.3 Å². The Balaban J connectivity index is 1.34. The molecule has 51 heavy (non-hydrogen) atoms. The van der Waals surface area contributed by atoms with Gasteiger partial charge in [0.15, 0.2) is 0 Å². The molecule has 0 saturated carbocycles. The van der Waals surface area contributed by atoms with Gasteiger partial charge in [0.05, 0.1) is 41.0 Å². The smallest absolute Gasteiger partial charge is 0.338 e. The number of hydrogen-bond acceptors (Lipinski definition) is 10. The highest BCUT2D eigenvalue weighted by Gasteiger charge is 2.56. The molecule has 0 spiro atoms. The largest absolute Gasteiger partial charge is 0.462 e. The predicted octanol–water partition coefficient (Wildman–Crippen LogP) is 6.00. The minimum atomic E-state index is -0.874. The topological polar surface area (TPSA) is 141 Å². The van der Waals surface area contributed by atoms with E-state index < -0.39 is 46.7 Å². The van der Waals surface area contributed by atoms with Crippen molar-refractivity contribution in [2.45, 2.75) is 62.8 Å². The van der Waals surface area contributed by atoms with Crippen LogP contribution in [-0.4, -0.2) is 52.7 Å². The Morgan fingerprint density at radius 2 is 1.35 bits per heavy atom. The van der Waals surface area contributed by atoms with Gasteiger partial charge >= 0.3 is 16.8 Å². The number of thiazole rings is 1. The van der Waals surface area contributed by atoms with Crippen LogP contribution in [0.2, 0.25) is 0 Å². The monoisotopic (exact) mass is 727 g/mol. The lowest BCUT2D eigenvalue weighted by Crippen LogP contribution is -2.33. The Kier molecular flexibility index (Phi) is 10.0. The van der Waals surface area contributed by atoms with Gasteiger partial charge in [0.25, 0.3) is 0 Å². The zero-order valence-corrected chi connectivity index (χ0v) is 30.4. The maximum Gasteiger partial charge on any atom is 0.338 e. The third kappa shape index (κ3) is 7.00. The Morgan fingerprint density at radius 3 is 1.90 bits per heavy atom. The second-order valence-corrected chi connectivity index (χ2v) is 15.3. The van der Waals surface area contributed by atoms with E-state index in [1.54, 1.807) is 38.1 Å². The molecular formula is C38H37N3O8S2. The molecule has 1 N–H and O–H groups in total. The van der Waals surface area contributed by atoms with Crippen molar-refractivity contribution in [1.29, 1.82) is 0 Å².